The number of aryl methyl sites for hydroxylation is 1. The number of benzene rings is 1. The van der Waals surface area contributed by atoms with E-state index in [2.05, 4.69) is 5.16 Å². The lowest BCUT2D eigenvalue weighted by molar-refractivity contribution is -0.150. The number of carbonyl (C=O) groups excluding carboxylic acids is 2. The number of hydrogen-bond acceptors (Lipinski definition) is 5. The van der Waals surface area contributed by atoms with Crippen molar-refractivity contribution in [3.8, 4) is 11.3 Å². The van der Waals surface area contributed by atoms with Gasteiger partial charge in [0.05, 0.1) is 5.41 Å². The van der Waals surface area contributed by atoms with Gasteiger partial charge in [0.15, 0.2) is 0 Å². The van der Waals surface area contributed by atoms with Gasteiger partial charge in [-0.1, -0.05) is 35.0 Å². The first-order chi connectivity index (χ1) is 14.5. The van der Waals surface area contributed by atoms with Gasteiger partial charge in [0.25, 0.3) is 0 Å². The van der Waals surface area contributed by atoms with Gasteiger partial charge >= 0.3 is 0 Å². The number of carbonyl (C=O) groups is 2. The zero-order valence-corrected chi connectivity index (χ0v) is 17.4. The van der Waals surface area contributed by atoms with Crippen molar-refractivity contribution in [1.82, 2.24) is 10.1 Å². The fourth-order valence-electron chi connectivity index (χ4n) is 4.52. The molecule has 2 N–H and O–H groups in total. The second-order valence-electron chi connectivity index (χ2n) is 8.58. The van der Waals surface area contributed by atoms with Crippen molar-refractivity contribution >= 4 is 11.8 Å². The van der Waals surface area contributed by atoms with E-state index in [9.17, 15) is 9.59 Å². The van der Waals surface area contributed by atoms with E-state index in [-0.39, 0.29) is 17.7 Å². The summed E-state index contributed by atoms with van der Waals surface area (Å²) in [7, 11) is 0. The van der Waals surface area contributed by atoms with Crippen molar-refractivity contribution in [1.29, 1.82) is 0 Å². The van der Waals surface area contributed by atoms with Gasteiger partial charge in [0.1, 0.15) is 11.5 Å². The summed E-state index contributed by atoms with van der Waals surface area (Å²) in [5.74, 6) is 0.439. The van der Waals surface area contributed by atoms with Crippen molar-refractivity contribution < 1.29 is 18.8 Å². The summed E-state index contributed by atoms with van der Waals surface area (Å²) in [6, 6.07) is 10.1. The van der Waals surface area contributed by atoms with Gasteiger partial charge in [-0.25, -0.2) is 0 Å². The van der Waals surface area contributed by atoms with E-state index in [1.54, 1.807) is 0 Å². The molecular weight excluding hydrogens is 382 g/mol. The minimum absolute atomic E-state index is 0.127. The van der Waals surface area contributed by atoms with Crippen LogP contribution in [0.1, 0.15) is 37.0 Å². The molecule has 0 radical (unpaired) electrons. The van der Waals surface area contributed by atoms with E-state index in [0.29, 0.717) is 64.2 Å². The minimum atomic E-state index is -0.554. The quantitative estimate of drug-likeness (QED) is 0.816. The zero-order valence-electron chi connectivity index (χ0n) is 17.4. The summed E-state index contributed by atoms with van der Waals surface area (Å²) in [5, 5.41) is 4.23. The van der Waals surface area contributed by atoms with Crippen LogP contribution in [0.3, 0.4) is 0 Å². The van der Waals surface area contributed by atoms with Crippen LogP contribution >= 0.6 is 0 Å². The number of amides is 2. The Labute approximate surface area is 176 Å². The first-order valence-electron chi connectivity index (χ1n) is 10.7. The maximum absolute atomic E-state index is 13.6. The van der Waals surface area contributed by atoms with E-state index < -0.39 is 5.41 Å². The second-order valence-corrected chi connectivity index (χ2v) is 8.58. The molecule has 0 bridgehead atoms. The summed E-state index contributed by atoms with van der Waals surface area (Å²) in [5.41, 5.74) is 7.85. The highest BCUT2D eigenvalue weighted by Gasteiger charge is 2.44. The van der Waals surface area contributed by atoms with E-state index in [0.717, 1.165) is 11.3 Å². The van der Waals surface area contributed by atoms with Crippen molar-refractivity contribution in [3.05, 3.63) is 41.7 Å². The lowest BCUT2D eigenvalue weighted by Crippen LogP contribution is -2.51. The van der Waals surface area contributed by atoms with Crippen LogP contribution in [0.5, 0.6) is 0 Å². The van der Waals surface area contributed by atoms with Crippen LogP contribution < -0.4 is 5.73 Å². The Morgan fingerprint density at radius 1 is 1.17 bits per heavy atom. The number of piperidine rings is 1. The third-order valence-electron chi connectivity index (χ3n) is 6.51. The SMILES string of the molecule is Cc1ccc(-c2cc(CC3(C(=O)N4CCC(C(N)=O)CC4)CCOCC3)on2)cc1. The monoisotopic (exact) mass is 411 g/mol. The molecule has 2 amide bonds. The maximum atomic E-state index is 13.6. The second kappa shape index (κ2) is 8.60. The Bertz CT molecular complexity index is 891. The van der Waals surface area contributed by atoms with Crippen molar-refractivity contribution in [3.63, 3.8) is 0 Å². The lowest BCUT2D eigenvalue weighted by atomic mass is 9.74. The van der Waals surface area contributed by atoms with Gasteiger partial charge in [-0.3, -0.25) is 9.59 Å². The van der Waals surface area contributed by atoms with Crippen LogP contribution in [-0.4, -0.2) is 48.2 Å². The van der Waals surface area contributed by atoms with Crippen molar-refractivity contribution in [2.24, 2.45) is 17.1 Å². The molecule has 7 nitrogen and oxygen atoms in total. The first-order valence-corrected chi connectivity index (χ1v) is 10.7. The molecule has 1 aromatic heterocycles. The molecule has 0 saturated carbocycles. The molecule has 2 aromatic rings. The van der Waals surface area contributed by atoms with E-state index in [1.807, 2.05) is 42.2 Å². The molecule has 30 heavy (non-hydrogen) atoms. The number of nitrogens with zero attached hydrogens (tertiary/aromatic N) is 2. The third-order valence-corrected chi connectivity index (χ3v) is 6.51. The third kappa shape index (κ3) is 4.26. The Hall–Kier alpha value is -2.67. The normalized spacial score (nSPS) is 19.6. The number of likely N-dealkylation sites (tertiary alicyclic amines) is 1. The van der Waals surface area contributed by atoms with Crippen LogP contribution in [0.4, 0.5) is 0 Å². The molecule has 2 fully saturated rings. The molecule has 1 aromatic carbocycles. The minimum Gasteiger partial charge on any atom is -0.381 e. The zero-order chi connectivity index (χ0) is 21.1. The molecule has 0 spiro atoms. The summed E-state index contributed by atoms with van der Waals surface area (Å²) in [4.78, 5) is 26.9. The molecule has 2 aliphatic heterocycles. The summed E-state index contributed by atoms with van der Waals surface area (Å²) < 4.78 is 11.2. The first kappa shape index (κ1) is 20.6. The Kier molecular flexibility index (Phi) is 5.90. The number of hydrogen-bond donors (Lipinski definition) is 1. The van der Waals surface area contributed by atoms with Crippen LogP contribution in [0, 0.1) is 18.3 Å². The smallest absolute Gasteiger partial charge is 0.229 e. The maximum Gasteiger partial charge on any atom is 0.229 e. The van der Waals surface area contributed by atoms with Gasteiger partial charge < -0.3 is 19.9 Å². The average Bonchev–Trinajstić information content (AvgIpc) is 3.22. The van der Waals surface area contributed by atoms with Crippen molar-refractivity contribution in [2.45, 2.75) is 39.0 Å². The summed E-state index contributed by atoms with van der Waals surface area (Å²) >= 11 is 0. The fraction of sp³-hybridized carbons (Fsp3) is 0.522. The molecular formula is C23H29N3O4. The van der Waals surface area contributed by atoms with Crippen LogP contribution in [0.2, 0.25) is 0 Å². The van der Waals surface area contributed by atoms with Gasteiger partial charge in [-0.05, 0) is 32.6 Å². The number of primary amides is 1. The van der Waals surface area contributed by atoms with Crippen LogP contribution in [-0.2, 0) is 20.7 Å². The Morgan fingerprint density at radius 2 is 1.83 bits per heavy atom. The fourth-order valence-corrected chi connectivity index (χ4v) is 4.52. The van der Waals surface area contributed by atoms with Crippen LogP contribution in [0.15, 0.2) is 34.9 Å². The van der Waals surface area contributed by atoms with E-state index >= 15 is 0 Å². The molecule has 7 heteroatoms. The van der Waals surface area contributed by atoms with Gasteiger partial charge in [-0.15, -0.1) is 0 Å². The molecule has 2 aliphatic rings. The van der Waals surface area contributed by atoms with Gasteiger partial charge in [0, 0.05) is 50.3 Å². The topological polar surface area (TPSA) is 98.7 Å². The predicted octanol–water partition coefficient (Wildman–Crippen LogP) is 2.71. The predicted molar refractivity (Wildman–Crippen MR) is 111 cm³/mol. The Balaban J connectivity index is 1.51. The highest BCUT2D eigenvalue weighted by molar-refractivity contribution is 5.84. The van der Waals surface area contributed by atoms with E-state index in [1.165, 1.54) is 5.56 Å². The molecule has 160 valence electrons. The molecule has 0 aliphatic carbocycles. The number of ether oxygens (including phenoxy) is 1. The molecule has 4 rings (SSSR count). The average molecular weight is 412 g/mol. The number of rotatable bonds is 5. The largest absolute Gasteiger partial charge is 0.381 e. The number of aromatic nitrogens is 1. The molecule has 3 heterocycles. The van der Waals surface area contributed by atoms with Crippen molar-refractivity contribution in [2.75, 3.05) is 26.3 Å². The highest BCUT2D eigenvalue weighted by Crippen LogP contribution is 2.38. The van der Waals surface area contributed by atoms with Crippen LogP contribution in [0.25, 0.3) is 11.3 Å². The van der Waals surface area contributed by atoms with E-state index in [4.69, 9.17) is 15.0 Å². The van der Waals surface area contributed by atoms with Gasteiger partial charge in [-0.2, -0.15) is 0 Å². The van der Waals surface area contributed by atoms with Gasteiger partial charge in [0.2, 0.25) is 11.8 Å². The molecule has 0 atom stereocenters. The number of nitrogens with two attached hydrogens (primary N) is 1. The summed E-state index contributed by atoms with van der Waals surface area (Å²) in [6.07, 6.45) is 3.08. The Morgan fingerprint density at radius 3 is 2.47 bits per heavy atom. The summed E-state index contributed by atoms with van der Waals surface area (Å²) in [6.45, 7) is 4.30. The standard InChI is InChI=1S/C23H29N3O4/c1-16-2-4-17(5-3-16)20-14-19(30-25-20)15-23(8-12-29-13-9-23)22(28)26-10-6-18(7-11-26)21(24)27/h2-5,14,18H,6-13,15H2,1H3,(H2,24,27). The lowest BCUT2D eigenvalue weighted by Gasteiger charge is -2.41. The molecule has 2 saturated heterocycles. The molecule has 0 unspecified atom stereocenters. The highest BCUT2D eigenvalue weighted by atomic mass is 16.5.